The SMILES string of the molecule is Nc1ncnc2c1ncn2[C@@H]1O[C@H](C(C[C@H]2O[C@@H](n3cnc4c(N)ncnc43)[C@H](O)[C@@H]2O)OP(=O)(O)OP(=O)(O)OP(=O)(O)O)[C@@H](O)[C@H]1O. The van der Waals surface area contributed by atoms with E-state index in [1.165, 1.54) is 10.9 Å². The van der Waals surface area contributed by atoms with E-state index in [1.54, 1.807) is 0 Å². The van der Waals surface area contributed by atoms with Gasteiger partial charge in [0.2, 0.25) is 0 Å². The van der Waals surface area contributed by atoms with Gasteiger partial charge in [-0.2, -0.15) is 8.62 Å². The summed E-state index contributed by atoms with van der Waals surface area (Å²) in [5.74, 6) is -0.0520. The Labute approximate surface area is 271 Å². The number of anilines is 2. The second-order valence-electron chi connectivity index (χ2n) is 10.7. The van der Waals surface area contributed by atoms with Crippen molar-refractivity contribution in [1.82, 2.24) is 39.0 Å². The predicted octanol–water partition coefficient (Wildman–Crippen LogP) is -2.83. The van der Waals surface area contributed by atoms with Crippen molar-refractivity contribution < 1.29 is 76.3 Å². The summed E-state index contributed by atoms with van der Waals surface area (Å²) in [7, 11) is -17.7. The van der Waals surface area contributed by atoms with Crippen LogP contribution in [0.25, 0.3) is 22.3 Å². The first kappa shape index (κ1) is 35.7. The average Bonchev–Trinajstić information content (AvgIpc) is 3.74. The van der Waals surface area contributed by atoms with E-state index in [9.17, 15) is 43.9 Å². The number of nitrogens with zero attached hydrogens (tertiary/aromatic N) is 8. The van der Waals surface area contributed by atoms with Crippen molar-refractivity contribution in [2.45, 2.75) is 61.6 Å². The monoisotopic (exact) mass is 756 g/mol. The Morgan fingerprint density at radius 1 is 0.714 bits per heavy atom. The van der Waals surface area contributed by atoms with Crippen LogP contribution in [0.3, 0.4) is 0 Å². The minimum Gasteiger partial charge on any atom is -0.388 e. The summed E-state index contributed by atoms with van der Waals surface area (Å²) < 4.78 is 62.8. The van der Waals surface area contributed by atoms with Gasteiger partial charge in [0.05, 0.1) is 18.8 Å². The summed E-state index contributed by atoms with van der Waals surface area (Å²) in [6.07, 6.45) is -12.1. The Hall–Kier alpha value is -3.13. The van der Waals surface area contributed by atoms with Crippen LogP contribution in [0.4, 0.5) is 11.6 Å². The lowest BCUT2D eigenvalue weighted by atomic mass is 9.98. The lowest BCUT2D eigenvalue weighted by molar-refractivity contribution is -0.105. The van der Waals surface area contributed by atoms with E-state index in [1.807, 2.05) is 0 Å². The van der Waals surface area contributed by atoms with Crippen LogP contribution in [-0.2, 0) is 36.3 Å². The van der Waals surface area contributed by atoms with Crippen LogP contribution in [0, 0.1) is 0 Å². The van der Waals surface area contributed by atoms with Gasteiger partial charge >= 0.3 is 23.5 Å². The van der Waals surface area contributed by atoms with Gasteiger partial charge in [-0.1, -0.05) is 0 Å². The number of rotatable bonds is 11. The molecule has 0 spiro atoms. The fourth-order valence-electron chi connectivity index (χ4n) is 5.43. The molecule has 29 heteroatoms. The molecule has 12 N–H and O–H groups in total. The number of fused-ring (bicyclic) bond motifs is 2. The molecule has 0 amide bonds. The molecule has 3 unspecified atom stereocenters. The number of aromatic nitrogens is 8. The molecule has 0 saturated carbocycles. The lowest BCUT2D eigenvalue weighted by Gasteiger charge is -2.30. The first-order valence-electron chi connectivity index (χ1n) is 13.6. The van der Waals surface area contributed by atoms with Gasteiger partial charge in [0.25, 0.3) is 0 Å². The molecule has 0 aliphatic carbocycles. The molecule has 49 heavy (non-hydrogen) atoms. The summed E-state index contributed by atoms with van der Waals surface area (Å²) in [6.45, 7) is 0. The number of hydrogen-bond acceptors (Lipinski definition) is 20. The molecule has 0 radical (unpaired) electrons. The Bertz CT molecular complexity index is 2010. The van der Waals surface area contributed by atoms with Gasteiger partial charge < -0.3 is 60.9 Å². The highest BCUT2D eigenvalue weighted by molar-refractivity contribution is 7.66. The molecule has 6 rings (SSSR count). The van der Waals surface area contributed by atoms with Crippen LogP contribution in [0.15, 0.2) is 25.3 Å². The zero-order valence-corrected chi connectivity index (χ0v) is 26.8. The van der Waals surface area contributed by atoms with Gasteiger partial charge in [-0.05, 0) is 0 Å². The molecule has 4 aromatic rings. The van der Waals surface area contributed by atoms with Crippen molar-refractivity contribution >= 4 is 57.4 Å². The number of aliphatic hydroxyl groups is 4. The molecule has 6 heterocycles. The largest absolute Gasteiger partial charge is 0.490 e. The van der Waals surface area contributed by atoms with Crippen molar-refractivity contribution in [2.75, 3.05) is 11.5 Å². The number of nitrogen functional groups attached to an aromatic ring is 2. The molecule has 26 nitrogen and oxygen atoms in total. The van der Waals surface area contributed by atoms with E-state index < -0.39 is 85.1 Å². The normalized spacial score (nSPS) is 30.9. The van der Waals surface area contributed by atoms with Crippen LogP contribution in [-0.4, -0.2) is 122 Å². The van der Waals surface area contributed by atoms with Gasteiger partial charge in [-0.15, -0.1) is 0 Å². The van der Waals surface area contributed by atoms with E-state index in [-0.39, 0.29) is 34.0 Å². The summed E-state index contributed by atoms with van der Waals surface area (Å²) in [5.41, 5.74) is 12.0. The highest BCUT2D eigenvalue weighted by atomic mass is 31.3. The zero-order valence-electron chi connectivity index (χ0n) is 24.1. The van der Waals surface area contributed by atoms with E-state index >= 15 is 0 Å². The molecule has 268 valence electrons. The number of phosphoric acid groups is 3. The summed E-state index contributed by atoms with van der Waals surface area (Å²) in [4.78, 5) is 61.6. The van der Waals surface area contributed by atoms with E-state index in [0.29, 0.717) is 0 Å². The number of imidazole rings is 2. The zero-order chi connectivity index (χ0) is 35.6. The highest BCUT2D eigenvalue weighted by Crippen LogP contribution is 2.67. The topological polar surface area (TPSA) is 398 Å². The lowest BCUT2D eigenvalue weighted by Crippen LogP contribution is -2.43. The minimum atomic E-state index is -6.01. The second kappa shape index (κ2) is 12.9. The molecule has 4 aromatic heterocycles. The quantitative estimate of drug-likeness (QED) is 0.0689. The number of ether oxygens (including phenoxy) is 2. The van der Waals surface area contributed by atoms with Gasteiger partial charge in [0.1, 0.15) is 60.3 Å². The second-order valence-corrected chi connectivity index (χ2v) is 15.0. The predicted molar refractivity (Wildman–Crippen MR) is 155 cm³/mol. The van der Waals surface area contributed by atoms with E-state index in [2.05, 4.69) is 38.5 Å². The van der Waals surface area contributed by atoms with Crippen LogP contribution < -0.4 is 11.5 Å². The smallest absolute Gasteiger partial charge is 0.388 e. The average molecular weight is 756 g/mol. The van der Waals surface area contributed by atoms with Crippen LogP contribution in [0.1, 0.15) is 18.9 Å². The maximum absolute atomic E-state index is 13.0. The Kier molecular flexibility index (Phi) is 9.38. The summed E-state index contributed by atoms with van der Waals surface area (Å²) in [6, 6.07) is 0. The number of aliphatic hydroxyl groups excluding tert-OH is 4. The third kappa shape index (κ3) is 7.09. The van der Waals surface area contributed by atoms with Crippen molar-refractivity contribution in [3.63, 3.8) is 0 Å². The van der Waals surface area contributed by atoms with E-state index in [4.69, 9.17) is 35.3 Å². The first-order valence-corrected chi connectivity index (χ1v) is 18.1. The Morgan fingerprint density at radius 3 is 1.76 bits per heavy atom. The molecule has 11 atom stereocenters. The van der Waals surface area contributed by atoms with Gasteiger partial charge in [-0.3, -0.25) is 13.7 Å². The van der Waals surface area contributed by atoms with Gasteiger partial charge in [-0.25, -0.2) is 43.6 Å². The minimum absolute atomic E-state index is 0.00954. The molecular formula is C20H27N10O16P3. The van der Waals surface area contributed by atoms with Crippen molar-refractivity contribution in [2.24, 2.45) is 0 Å². The van der Waals surface area contributed by atoms with Gasteiger partial charge in [0, 0.05) is 6.42 Å². The molecular weight excluding hydrogens is 729 g/mol. The first-order chi connectivity index (χ1) is 22.9. The molecule has 2 fully saturated rings. The van der Waals surface area contributed by atoms with Crippen molar-refractivity contribution in [3.05, 3.63) is 25.3 Å². The fraction of sp³-hybridized carbons (Fsp3) is 0.500. The molecule has 0 aromatic carbocycles. The number of nitrogens with two attached hydrogens (primary N) is 2. The molecule has 0 bridgehead atoms. The van der Waals surface area contributed by atoms with Crippen molar-refractivity contribution in [1.29, 1.82) is 0 Å². The fourth-order valence-corrected chi connectivity index (χ4v) is 8.63. The summed E-state index contributed by atoms with van der Waals surface area (Å²) in [5, 5.41) is 43.9. The Morgan fingerprint density at radius 2 is 1.22 bits per heavy atom. The third-order valence-electron chi connectivity index (χ3n) is 7.45. The van der Waals surface area contributed by atoms with Gasteiger partial charge in [0.15, 0.2) is 35.4 Å². The number of phosphoric ester groups is 1. The molecule has 2 saturated heterocycles. The molecule has 2 aliphatic rings. The van der Waals surface area contributed by atoms with Crippen LogP contribution >= 0.6 is 23.5 Å². The summed E-state index contributed by atoms with van der Waals surface area (Å²) >= 11 is 0. The molecule has 2 aliphatic heterocycles. The number of hydrogen-bond donors (Lipinski definition) is 10. The standard InChI is InChI=1S/C20H27N10O16P3/c21-15-8-17(25-2-23-15)29(4-27-8)19-12(33)10(31)6(42-19)1-7(44-48(38,39)46-49(40,41)45-47(35,36)37)14-11(32)13(34)20(43-14)30-5-28-9-16(22)24-3-26-18(9)30/h2-7,10-14,19-20,31-34H,1H2,(H,38,39)(H,40,41)(H2,21,23,25)(H2,22,24,26)(H2,35,36,37)/t6-,7?,10-,11+,12-,13-,14-,19-,20-/m1/s1. The van der Waals surface area contributed by atoms with E-state index in [0.717, 1.165) is 23.5 Å². The highest BCUT2D eigenvalue weighted by Gasteiger charge is 2.54. The maximum Gasteiger partial charge on any atom is 0.490 e. The van der Waals surface area contributed by atoms with Crippen molar-refractivity contribution in [3.8, 4) is 0 Å². The third-order valence-corrected chi connectivity index (χ3v) is 11.3. The van der Waals surface area contributed by atoms with Crippen LogP contribution in [0.2, 0.25) is 0 Å². The van der Waals surface area contributed by atoms with Crippen LogP contribution in [0.5, 0.6) is 0 Å². The maximum atomic E-state index is 13.0. The Balaban J connectivity index is 1.31.